The van der Waals surface area contributed by atoms with E-state index in [2.05, 4.69) is 10.3 Å². The minimum absolute atomic E-state index is 0.0564. The van der Waals surface area contributed by atoms with Gasteiger partial charge >= 0.3 is 6.09 Å². The van der Waals surface area contributed by atoms with Gasteiger partial charge in [-0.1, -0.05) is 42.1 Å². The highest BCUT2D eigenvalue weighted by Crippen LogP contribution is 2.39. The fraction of sp³-hybridized carbons (Fsp3) is 0.526. The number of hydrogen-bond acceptors (Lipinski definition) is 6. The van der Waals surface area contributed by atoms with Crippen molar-refractivity contribution in [3.05, 3.63) is 35.9 Å². The molecule has 2 amide bonds. The first-order valence-corrected chi connectivity index (χ1v) is 12.0. The second-order valence-corrected chi connectivity index (χ2v) is 11.4. The van der Waals surface area contributed by atoms with Gasteiger partial charge in [-0.15, -0.1) is 0 Å². The average molecular weight is 440 g/mol. The van der Waals surface area contributed by atoms with E-state index < -0.39 is 27.4 Å². The molecule has 0 bridgehead atoms. The van der Waals surface area contributed by atoms with E-state index in [4.69, 9.17) is 4.74 Å². The molecule has 0 aliphatic carbocycles. The number of carbonyl (C=O) groups excluding carboxylic acids is 2. The Morgan fingerprint density at radius 1 is 1.24 bits per heavy atom. The van der Waals surface area contributed by atoms with Crippen LogP contribution in [0.2, 0.25) is 0 Å². The number of sulfone groups is 1. The summed E-state index contributed by atoms with van der Waals surface area (Å²) in [7, 11) is -3.10. The summed E-state index contributed by atoms with van der Waals surface area (Å²) < 4.78 is 29.2. The SMILES string of the molecule is CC(C)(C)OC(=O)NCC(=O)N=C1S[C@@H]2CS(=O)(=O)C[C@@H]2N1Cc1ccccc1. The molecular formula is C19H25N3O5S2. The Labute approximate surface area is 175 Å². The molecule has 1 aromatic carbocycles. The molecule has 2 aliphatic heterocycles. The van der Waals surface area contributed by atoms with E-state index in [1.54, 1.807) is 20.8 Å². The van der Waals surface area contributed by atoms with E-state index in [9.17, 15) is 18.0 Å². The maximum absolute atomic E-state index is 12.3. The smallest absolute Gasteiger partial charge is 0.408 e. The van der Waals surface area contributed by atoms with Crippen LogP contribution >= 0.6 is 11.8 Å². The van der Waals surface area contributed by atoms with Crippen LogP contribution in [0.1, 0.15) is 26.3 Å². The summed E-state index contributed by atoms with van der Waals surface area (Å²) in [6.45, 7) is 5.39. The lowest BCUT2D eigenvalue weighted by atomic mass is 10.1. The van der Waals surface area contributed by atoms with Crippen LogP contribution in [0, 0.1) is 0 Å². The first-order chi connectivity index (χ1) is 13.5. The zero-order valence-corrected chi connectivity index (χ0v) is 18.3. The van der Waals surface area contributed by atoms with Crippen molar-refractivity contribution < 1.29 is 22.7 Å². The lowest BCUT2D eigenvalue weighted by molar-refractivity contribution is -0.117. The third-order valence-corrected chi connectivity index (χ3v) is 7.62. The highest BCUT2D eigenvalue weighted by molar-refractivity contribution is 8.15. The molecule has 2 saturated heterocycles. The number of carbonyl (C=O) groups is 2. The number of benzene rings is 1. The Balaban J connectivity index is 1.70. The number of amidine groups is 1. The van der Waals surface area contributed by atoms with Gasteiger partial charge in [0.2, 0.25) is 0 Å². The number of rotatable bonds is 4. The van der Waals surface area contributed by atoms with Gasteiger partial charge in [0.05, 0.1) is 17.5 Å². The molecule has 2 heterocycles. The van der Waals surface area contributed by atoms with Gasteiger partial charge < -0.3 is 15.0 Å². The average Bonchev–Trinajstić information content (AvgIpc) is 3.05. The number of ether oxygens (including phenoxy) is 1. The van der Waals surface area contributed by atoms with Gasteiger partial charge in [-0.2, -0.15) is 4.99 Å². The molecule has 1 N–H and O–H groups in total. The molecule has 2 fully saturated rings. The number of fused-ring (bicyclic) bond motifs is 1. The van der Waals surface area contributed by atoms with Crippen molar-refractivity contribution in [1.29, 1.82) is 0 Å². The van der Waals surface area contributed by atoms with Crippen molar-refractivity contribution in [1.82, 2.24) is 10.2 Å². The summed E-state index contributed by atoms with van der Waals surface area (Å²) >= 11 is 1.32. The molecule has 8 nitrogen and oxygen atoms in total. The van der Waals surface area contributed by atoms with Crippen LogP contribution in [0.15, 0.2) is 35.3 Å². The second kappa shape index (κ2) is 8.35. The Bertz CT molecular complexity index is 910. The number of amides is 2. The lowest BCUT2D eigenvalue weighted by Gasteiger charge is -2.24. The van der Waals surface area contributed by atoms with Gasteiger partial charge in [-0.05, 0) is 26.3 Å². The van der Waals surface area contributed by atoms with Crippen LogP contribution in [0.4, 0.5) is 4.79 Å². The van der Waals surface area contributed by atoms with E-state index in [1.165, 1.54) is 11.8 Å². The predicted octanol–water partition coefficient (Wildman–Crippen LogP) is 1.81. The Morgan fingerprint density at radius 3 is 2.59 bits per heavy atom. The first-order valence-electron chi connectivity index (χ1n) is 9.28. The summed E-state index contributed by atoms with van der Waals surface area (Å²) in [5.41, 5.74) is 0.348. The van der Waals surface area contributed by atoms with E-state index in [-0.39, 0.29) is 29.3 Å². The van der Waals surface area contributed by atoms with Crippen LogP contribution in [-0.2, 0) is 25.9 Å². The zero-order valence-electron chi connectivity index (χ0n) is 16.6. The predicted molar refractivity (Wildman–Crippen MR) is 112 cm³/mol. The van der Waals surface area contributed by atoms with Crippen LogP contribution in [-0.4, -0.2) is 65.4 Å². The van der Waals surface area contributed by atoms with Crippen molar-refractivity contribution in [3.8, 4) is 0 Å². The van der Waals surface area contributed by atoms with E-state index in [0.29, 0.717) is 11.7 Å². The fourth-order valence-electron chi connectivity index (χ4n) is 3.21. The Morgan fingerprint density at radius 2 is 1.93 bits per heavy atom. The van der Waals surface area contributed by atoms with Gasteiger partial charge in [0.1, 0.15) is 12.1 Å². The van der Waals surface area contributed by atoms with Crippen LogP contribution in [0.3, 0.4) is 0 Å². The van der Waals surface area contributed by atoms with E-state index in [1.807, 2.05) is 35.2 Å². The number of thioether (sulfide) groups is 1. The molecule has 2 aliphatic rings. The minimum Gasteiger partial charge on any atom is -0.444 e. The lowest BCUT2D eigenvalue weighted by Crippen LogP contribution is -2.38. The molecule has 2 atom stereocenters. The molecule has 158 valence electrons. The summed E-state index contributed by atoms with van der Waals surface area (Å²) in [6, 6.07) is 9.42. The monoisotopic (exact) mass is 439 g/mol. The first kappa shape index (κ1) is 21.6. The van der Waals surface area contributed by atoms with Crippen molar-refractivity contribution in [2.24, 2.45) is 4.99 Å². The highest BCUT2D eigenvalue weighted by Gasteiger charge is 2.48. The quantitative estimate of drug-likeness (QED) is 0.763. The summed E-state index contributed by atoms with van der Waals surface area (Å²) in [6.07, 6.45) is -0.686. The third-order valence-electron chi connectivity index (χ3n) is 4.37. The third kappa shape index (κ3) is 5.96. The van der Waals surface area contributed by atoms with Crippen molar-refractivity contribution in [3.63, 3.8) is 0 Å². The zero-order chi connectivity index (χ0) is 21.2. The van der Waals surface area contributed by atoms with Gasteiger partial charge in [0, 0.05) is 11.8 Å². The fourth-order valence-corrected chi connectivity index (χ4v) is 7.18. The maximum Gasteiger partial charge on any atom is 0.408 e. The molecule has 0 radical (unpaired) electrons. The van der Waals surface area contributed by atoms with Crippen molar-refractivity contribution in [2.45, 2.75) is 44.2 Å². The molecule has 29 heavy (non-hydrogen) atoms. The summed E-state index contributed by atoms with van der Waals surface area (Å²) in [5, 5.41) is 2.75. The van der Waals surface area contributed by atoms with Gasteiger partial charge in [0.25, 0.3) is 5.91 Å². The Kier molecular flexibility index (Phi) is 6.23. The number of nitrogens with zero attached hydrogens (tertiary/aromatic N) is 2. The Hall–Kier alpha value is -2.07. The number of nitrogens with one attached hydrogen (secondary N) is 1. The number of alkyl carbamates (subject to hydrolysis) is 1. The number of hydrogen-bond donors (Lipinski definition) is 1. The van der Waals surface area contributed by atoms with Crippen LogP contribution in [0.5, 0.6) is 0 Å². The maximum atomic E-state index is 12.3. The van der Waals surface area contributed by atoms with E-state index in [0.717, 1.165) is 5.56 Å². The molecule has 0 spiro atoms. The normalized spacial score (nSPS) is 24.4. The van der Waals surface area contributed by atoms with Crippen LogP contribution < -0.4 is 5.32 Å². The second-order valence-electron chi connectivity index (χ2n) is 8.06. The van der Waals surface area contributed by atoms with Gasteiger partial charge in [-0.25, -0.2) is 13.2 Å². The van der Waals surface area contributed by atoms with Crippen molar-refractivity contribution >= 4 is 38.8 Å². The minimum atomic E-state index is -3.10. The molecule has 0 aromatic heterocycles. The van der Waals surface area contributed by atoms with Crippen LogP contribution in [0.25, 0.3) is 0 Å². The summed E-state index contributed by atoms with van der Waals surface area (Å²) in [5.74, 6) is -0.378. The largest absolute Gasteiger partial charge is 0.444 e. The molecule has 3 rings (SSSR count). The molecule has 0 unspecified atom stereocenters. The van der Waals surface area contributed by atoms with Gasteiger partial charge in [0.15, 0.2) is 15.0 Å². The molecule has 10 heteroatoms. The molecular weight excluding hydrogens is 414 g/mol. The standard InChI is InChI=1S/C19H25N3O5S2/c1-19(2,3)27-18(24)20-9-16(23)21-17-22(10-13-7-5-4-6-8-13)14-11-29(25,26)12-15(14)28-17/h4-8,14-15H,9-12H2,1-3H3,(H,20,24)/t14-,15+/m0/s1. The topological polar surface area (TPSA) is 105 Å². The van der Waals surface area contributed by atoms with Crippen molar-refractivity contribution in [2.75, 3.05) is 18.1 Å². The highest BCUT2D eigenvalue weighted by atomic mass is 32.2. The molecule has 0 saturated carbocycles. The van der Waals surface area contributed by atoms with Gasteiger partial charge in [-0.3, -0.25) is 4.79 Å². The molecule has 1 aromatic rings. The number of aliphatic imine (C=N–C) groups is 1. The summed E-state index contributed by atoms with van der Waals surface area (Å²) in [4.78, 5) is 30.1. The van der Waals surface area contributed by atoms with E-state index >= 15 is 0 Å².